The molecule has 3 nitrogen and oxygen atoms in total. The van der Waals surface area contributed by atoms with Gasteiger partial charge in [-0.2, -0.15) is 0 Å². The molecule has 0 saturated carbocycles. The fourth-order valence-corrected chi connectivity index (χ4v) is 4.18. The van der Waals surface area contributed by atoms with Crippen LogP contribution >= 0.6 is 15.9 Å². The summed E-state index contributed by atoms with van der Waals surface area (Å²) in [4.78, 5) is 0.334. The zero-order valence-electron chi connectivity index (χ0n) is 11.2. The van der Waals surface area contributed by atoms with Crippen molar-refractivity contribution < 1.29 is 8.42 Å². The van der Waals surface area contributed by atoms with Gasteiger partial charge in [0.15, 0.2) is 0 Å². The molecule has 0 atom stereocenters. The highest BCUT2D eigenvalue weighted by molar-refractivity contribution is 9.10. The maximum absolute atomic E-state index is 12.4. The van der Waals surface area contributed by atoms with Gasteiger partial charge in [0, 0.05) is 10.0 Å². The highest BCUT2D eigenvalue weighted by Gasteiger charge is 2.26. The zero-order valence-corrected chi connectivity index (χ0v) is 13.7. The first-order chi connectivity index (χ1) is 8.18. The average Bonchev–Trinajstić information content (AvgIpc) is 2.19. The summed E-state index contributed by atoms with van der Waals surface area (Å²) < 4.78 is 28.3. The fourth-order valence-electron chi connectivity index (χ4n) is 1.96. The van der Waals surface area contributed by atoms with Crippen LogP contribution in [0.25, 0.3) is 0 Å². The molecule has 0 bridgehead atoms. The van der Waals surface area contributed by atoms with E-state index in [1.54, 1.807) is 19.1 Å². The summed E-state index contributed by atoms with van der Waals surface area (Å²) >= 11 is 3.31. The van der Waals surface area contributed by atoms with Crippen LogP contribution in [0.4, 0.5) is 0 Å². The first-order valence-corrected chi connectivity index (χ1v) is 8.26. The number of hydrogen-bond acceptors (Lipinski definition) is 2. The number of rotatable bonds is 5. The van der Waals surface area contributed by atoms with Crippen molar-refractivity contribution >= 4 is 26.0 Å². The smallest absolute Gasteiger partial charge is 0.207 e. The monoisotopic (exact) mass is 333 g/mol. The Kier molecular flexibility index (Phi) is 4.98. The lowest BCUT2D eigenvalue weighted by Gasteiger charge is -2.25. The number of benzene rings is 1. The van der Waals surface area contributed by atoms with Gasteiger partial charge in [0.05, 0.1) is 4.90 Å². The highest BCUT2D eigenvalue weighted by atomic mass is 79.9. The molecule has 102 valence electrons. The molecule has 0 aliphatic carbocycles. The largest absolute Gasteiger partial charge is 0.241 e. The van der Waals surface area contributed by atoms with Crippen molar-refractivity contribution in [3.8, 4) is 0 Å². The molecule has 1 rings (SSSR count). The van der Waals surface area contributed by atoms with Crippen LogP contribution in [0.5, 0.6) is 0 Å². The summed E-state index contributed by atoms with van der Waals surface area (Å²) in [6.45, 7) is 7.65. The Morgan fingerprint density at radius 2 is 1.94 bits per heavy atom. The van der Waals surface area contributed by atoms with Crippen LogP contribution < -0.4 is 4.72 Å². The van der Waals surface area contributed by atoms with Gasteiger partial charge in [0.25, 0.3) is 0 Å². The van der Waals surface area contributed by atoms with Gasteiger partial charge < -0.3 is 0 Å². The van der Waals surface area contributed by atoms with Gasteiger partial charge in [-0.1, -0.05) is 35.3 Å². The normalized spacial score (nSPS) is 12.7. The lowest BCUT2D eigenvalue weighted by Crippen LogP contribution is -2.43. The van der Waals surface area contributed by atoms with E-state index in [9.17, 15) is 8.42 Å². The van der Waals surface area contributed by atoms with Crippen LogP contribution in [-0.4, -0.2) is 14.0 Å². The molecule has 0 radical (unpaired) electrons. The van der Waals surface area contributed by atoms with E-state index in [0.29, 0.717) is 4.90 Å². The summed E-state index contributed by atoms with van der Waals surface area (Å²) in [7, 11) is -3.47. The number of halogens is 1. The van der Waals surface area contributed by atoms with Crippen molar-refractivity contribution in [1.29, 1.82) is 0 Å². The minimum atomic E-state index is -3.47. The summed E-state index contributed by atoms with van der Waals surface area (Å²) in [5.41, 5.74) is 0.320. The third-order valence-corrected chi connectivity index (χ3v) is 5.06. The molecule has 0 aliphatic rings. The first kappa shape index (κ1) is 15.7. The van der Waals surface area contributed by atoms with E-state index in [1.807, 2.05) is 26.8 Å². The molecule has 1 aromatic rings. The van der Waals surface area contributed by atoms with E-state index in [-0.39, 0.29) is 0 Å². The van der Waals surface area contributed by atoms with Gasteiger partial charge in [-0.25, -0.2) is 13.1 Å². The number of nitrogens with one attached hydrogen (secondary N) is 1. The van der Waals surface area contributed by atoms with Crippen LogP contribution in [0.15, 0.2) is 27.6 Å². The Morgan fingerprint density at radius 3 is 2.50 bits per heavy atom. The van der Waals surface area contributed by atoms with Gasteiger partial charge in [-0.3, -0.25) is 0 Å². The molecule has 0 heterocycles. The molecule has 0 fully saturated rings. The van der Waals surface area contributed by atoms with Gasteiger partial charge in [0.1, 0.15) is 0 Å². The number of hydrogen-bond donors (Lipinski definition) is 1. The lowest BCUT2D eigenvalue weighted by molar-refractivity contribution is 0.417. The molecule has 0 spiro atoms. The molecule has 0 saturated heterocycles. The van der Waals surface area contributed by atoms with Crippen molar-refractivity contribution in [2.75, 3.05) is 0 Å². The van der Waals surface area contributed by atoms with Gasteiger partial charge in [-0.15, -0.1) is 0 Å². The Hall–Kier alpha value is -0.390. The van der Waals surface area contributed by atoms with Crippen molar-refractivity contribution in [3.05, 3.63) is 28.2 Å². The molecule has 18 heavy (non-hydrogen) atoms. The third-order valence-electron chi connectivity index (χ3n) is 2.73. The zero-order chi connectivity index (χ0) is 14.0. The first-order valence-electron chi connectivity index (χ1n) is 5.98. The minimum absolute atomic E-state index is 0.334. The minimum Gasteiger partial charge on any atom is -0.207 e. The van der Waals surface area contributed by atoms with Crippen LogP contribution in [0.2, 0.25) is 0 Å². The lowest BCUT2D eigenvalue weighted by atomic mass is 10.0. The van der Waals surface area contributed by atoms with E-state index >= 15 is 0 Å². The predicted octanol–water partition coefficient (Wildman–Crippen LogP) is 3.61. The summed E-state index contributed by atoms with van der Waals surface area (Å²) in [6, 6.07) is 5.27. The quantitative estimate of drug-likeness (QED) is 0.894. The van der Waals surface area contributed by atoms with Gasteiger partial charge in [-0.05, 0) is 44.9 Å². The van der Waals surface area contributed by atoms with Crippen LogP contribution in [-0.2, 0) is 10.0 Å². The molecular formula is C13H20BrNO2S. The topological polar surface area (TPSA) is 46.2 Å². The molecule has 0 aromatic heterocycles. The molecule has 5 heteroatoms. The molecule has 1 N–H and O–H groups in total. The second kappa shape index (κ2) is 5.72. The van der Waals surface area contributed by atoms with E-state index in [2.05, 4.69) is 20.7 Å². The van der Waals surface area contributed by atoms with E-state index < -0.39 is 15.6 Å². The second-order valence-electron chi connectivity index (χ2n) is 5.15. The molecule has 0 aliphatic heterocycles. The maximum Gasteiger partial charge on any atom is 0.241 e. The van der Waals surface area contributed by atoms with Gasteiger partial charge >= 0.3 is 0 Å². The molecule has 0 amide bonds. The van der Waals surface area contributed by atoms with Gasteiger partial charge in [0.2, 0.25) is 10.0 Å². The van der Waals surface area contributed by atoms with E-state index in [0.717, 1.165) is 22.9 Å². The Bertz CT molecular complexity index is 524. The maximum atomic E-state index is 12.4. The Labute approximate surface area is 118 Å². The SMILES string of the molecule is CCCC(C)(C)NS(=O)(=O)c1cc(Br)ccc1C. The standard InChI is InChI=1S/C13H20BrNO2S/c1-5-8-13(3,4)15-18(16,17)12-9-11(14)7-6-10(12)2/h6-7,9,15H,5,8H2,1-4H3. The van der Waals surface area contributed by atoms with Crippen molar-refractivity contribution in [2.45, 2.75) is 51.0 Å². The van der Waals surface area contributed by atoms with Crippen LogP contribution in [0.1, 0.15) is 39.2 Å². The van der Waals surface area contributed by atoms with Crippen molar-refractivity contribution in [1.82, 2.24) is 4.72 Å². The molecular weight excluding hydrogens is 314 g/mol. The Morgan fingerprint density at radius 1 is 1.33 bits per heavy atom. The molecule has 1 aromatic carbocycles. The summed E-state index contributed by atoms with van der Waals surface area (Å²) in [6.07, 6.45) is 1.74. The number of sulfonamides is 1. The molecule has 0 unspecified atom stereocenters. The fraction of sp³-hybridized carbons (Fsp3) is 0.538. The summed E-state index contributed by atoms with van der Waals surface area (Å²) in [5.74, 6) is 0. The summed E-state index contributed by atoms with van der Waals surface area (Å²) in [5, 5.41) is 0. The second-order valence-corrected chi connectivity index (χ2v) is 7.72. The van der Waals surface area contributed by atoms with Crippen molar-refractivity contribution in [3.63, 3.8) is 0 Å². The number of aryl methyl sites for hydroxylation is 1. The van der Waals surface area contributed by atoms with Crippen LogP contribution in [0.3, 0.4) is 0 Å². The highest BCUT2D eigenvalue weighted by Crippen LogP contribution is 2.23. The van der Waals surface area contributed by atoms with E-state index in [4.69, 9.17) is 0 Å². The third kappa shape index (κ3) is 4.07. The van der Waals surface area contributed by atoms with Crippen LogP contribution in [0, 0.1) is 6.92 Å². The predicted molar refractivity (Wildman–Crippen MR) is 78.2 cm³/mol. The Balaban J connectivity index is 3.11. The average molecular weight is 334 g/mol. The van der Waals surface area contributed by atoms with Crippen molar-refractivity contribution in [2.24, 2.45) is 0 Å². The van der Waals surface area contributed by atoms with E-state index in [1.165, 1.54) is 0 Å².